The number of rotatable bonds is 8. The molecule has 3 rings (SSSR count). The number of hydrogen-bond acceptors (Lipinski definition) is 3. The van der Waals surface area contributed by atoms with Crippen LogP contribution in [0.2, 0.25) is 0 Å². The van der Waals surface area contributed by atoms with Gasteiger partial charge in [0.2, 0.25) is 0 Å². The molecule has 4 heteroatoms. The second kappa shape index (κ2) is 10.6. The standard InChI is InChI=1S/C26H36N2O2/c1-19(2)16-25(22-11-13-24(30-4)14-12-22)27-26(29)23-9-7-21(8-10-23)18-28-15-5-6-20(3)17-28/h7-14,19-20,25H,5-6,15-18H2,1-4H3,(H,27,29)/t20-,25-/m1/s1. The lowest BCUT2D eigenvalue weighted by Crippen LogP contribution is -2.33. The summed E-state index contributed by atoms with van der Waals surface area (Å²) in [4.78, 5) is 15.5. The summed E-state index contributed by atoms with van der Waals surface area (Å²) in [5.41, 5.74) is 3.09. The van der Waals surface area contributed by atoms with Gasteiger partial charge in [0.05, 0.1) is 13.2 Å². The van der Waals surface area contributed by atoms with Gasteiger partial charge in [-0.15, -0.1) is 0 Å². The largest absolute Gasteiger partial charge is 0.497 e. The topological polar surface area (TPSA) is 41.6 Å². The zero-order chi connectivity index (χ0) is 21.5. The summed E-state index contributed by atoms with van der Waals surface area (Å²) in [6.07, 6.45) is 3.51. The van der Waals surface area contributed by atoms with Crippen LogP contribution in [0.25, 0.3) is 0 Å². The number of piperidine rings is 1. The number of amides is 1. The Labute approximate surface area is 181 Å². The first-order chi connectivity index (χ1) is 14.4. The molecular formula is C26H36N2O2. The molecule has 1 saturated heterocycles. The van der Waals surface area contributed by atoms with E-state index in [4.69, 9.17) is 4.74 Å². The van der Waals surface area contributed by atoms with Crippen LogP contribution in [0.5, 0.6) is 5.75 Å². The maximum Gasteiger partial charge on any atom is 0.251 e. The quantitative estimate of drug-likeness (QED) is 0.632. The molecule has 0 aromatic heterocycles. The monoisotopic (exact) mass is 408 g/mol. The number of carbonyl (C=O) groups is 1. The van der Waals surface area contributed by atoms with E-state index < -0.39 is 0 Å². The summed E-state index contributed by atoms with van der Waals surface area (Å²) in [6.45, 7) is 9.99. The Hall–Kier alpha value is -2.33. The predicted molar refractivity (Wildman–Crippen MR) is 123 cm³/mol. The lowest BCUT2D eigenvalue weighted by atomic mass is 9.96. The first-order valence-corrected chi connectivity index (χ1v) is 11.2. The molecule has 1 N–H and O–H groups in total. The molecule has 2 atom stereocenters. The first-order valence-electron chi connectivity index (χ1n) is 11.2. The smallest absolute Gasteiger partial charge is 0.251 e. The van der Waals surface area contributed by atoms with E-state index in [1.54, 1.807) is 7.11 Å². The van der Waals surface area contributed by atoms with E-state index >= 15 is 0 Å². The van der Waals surface area contributed by atoms with Crippen molar-refractivity contribution in [3.05, 3.63) is 65.2 Å². The van der Waals surface area contributed by atoms with Crippen LogP contribution in [0.4, 0.5) is 0 Å². The molecule has 1 aliphatic heterocycles. The van der Waals surface area contributed by atoms with Crippen LogP contribution in [0.15, 0.2) is 48.5 Å². The van der Waals surface area contributed by atoms with Crippen molar-refractivity contribution >= 4 is 5.91 Å². The molecule has 0 spiro atoms. The Morgan fingerprint density at radius 2 is 1.83 bits per heavy atom. The molecule has 1 heterocycles. The number of ether oxygens (including phenoxy) is 1. The Kier molecular flexibility index (Phi) is 7.92. The number of likely N-dealkylation sites (tertiary alicyclic amines) is 1. The van der Waals surface area contributed by atoms with Gasteiger partial charge in [0.1, 0.15) is 5.75 Å². The molecule has 30 heavy (non-hydrogen) atoms. The van der Waals surface area contributed by atoms with Crippen LogP contribution in [0, 0.1) is 11.8 Å². The van der Waals surface area contributed by atoms with E-state index in [-0.39, 0.29) is 11.9 Å². The minimum atomic E-state index is -0.0189. The van der Waals surface area contributed by atoms with Crippen LogP contribution < -0.4 is 10.1 Å². The van der Waals surface area contributed by atoms with Gasteiger partial charge < -0.3 is 10.1 Å². The average molecular weight is 409 g/mol. The zero-order valence-electron chi connectivity index (χ0n) is 18.9. The van der Waals surface area contributed by atoms with Crippen molar-refractivity contribution in [3.8, 4) is 5.75 Å². The first kappa shape index (κ1) is 22.4. The van der Waals surface area contributed by atoms with Crippen molar-refractivity contribution in [2.45, 2.75) is 52.6 Å². The molecule has 1 amide bonds. The molecule has 2 aromatic carbocycles. The van der Waals surface area contributed by atoms with Crippen molar-refractivity contribution < 1.29 is 9.53 Å². The lowest BCUT2D eigenvalue weighted by molar-refractivity contribution is 0.0932. The maximum absolute atomic E-state index is 12.9. The van der Waals surface area contributed by atoms with Gasteiger partial charge in [0, 0.05) is 18.7 Å². The van der Waals surface area contributed by atoms with Crippen LogP contribution >= 0.6 is 0 Å². The minimum Gasteiger partial charge on any atom is -0.497 e. The van der Waals surface area contributed by atoms with Gasteiger partial charge in [-0.3, -0.25) is 9.69 Å². The van der Waals surface area contributed by atoms with Gasteiger partial charge in [0.15, 0.2) is 0 Å². The number of carbonyl (C=O) groups excluding carboxylic acids is 1. The maximum atomic E-state index is 12.9. The highest BCUT2D eigenvalue weighted by Gasteiger charge is 2.19. The summed E-state index contributed by atoms with van der Waals surface area (Å²) in [7, 11) is 1.66. The highest BCUT2D eigenvalue weighted by molar-refractivity contribution is 5.94. The van der Waals surface area contributed by atoms with Crippen molar-refractivity contribution in [3.63, 3.8) is 0 Å². The number of hydrogen-bond donors (Lipinski definition) is 1. The van der Waals surface area contributed by atoms with Crippen molar-refractivity contribution in [1.82, 2.24) is 10.2 Å². The van der Waals surface area contributed by atoms with Gasteiger partial charge >= 0.3 is 0 Å². The van der Waals surface area contributed by atoms with Gasteiger partial charge in [-0.05, 0) is 73.0 Å². The summed E-state index contributed by atoms with van der Waals surface area (Å²) < 4.78 is 5.26. The summed E-state index contributed by atoms with van der Waals surface area (Å²) >= 11 is 0. The Balaban J connectivity index is 1.64. The minimum absolute atomic E-state index is 0.0158. The summed E-state index contributed by atoms with van der Waals surface area (Å²) in [5.74, 6) is 2.06. The average Bonchev–Trinajstić information content (AvgIpc) is 2.73. The van der Waals surface area contributed by atoms with E-state index in [1.807, 2.05) is 36.4 Å². The number of benzene rings is 2. The number of methoxy groups -OCH3 is 1. The van der Waals surface area contributed by atoms with E-state index in [1.165, 1.54) is 31.5 Å². The molecule has 1 fully saturated rings. The van der Waals surface area contributed by atoms with Crippen LogP contribution in [0.3, 0.4) is 0 Å². The van der Waals surface area contributed by atoms with Gasteiger partial charge in [-0.2, -0.15) is 0 Å². The molecule has 0 bridgehead atoms. The van der Waals surface area contributed by atoms with Crippen LogP contribution in [0.1, 0.15) is 67.6 Å². The van der Waals surface area contributed by atoms with Gasteiger partial charge in [-0.1, -0.05) is 45.0 Å². The van der Waals surface area contributed by atoms with Gasteiger partial charge in [-0.25, -0.2) is 0 Å². The molecule has 2 aromatic rings. The third kappa shape index (κ3) is 6.33. The predicted octanol–water partition coefficient (Wildman–Crippen LogP) is 5.44. The molecule has 0 unspecified atom stereocenters. The number of nitrogens with one attached hydrogen (secondary N) is 1. The van der Waals surface area contributed by atoms with E-state index in [0.717, 1.165) is 30.2 Å². The summed E-state index contributed by atoms with van der Waals surface area (Å²) in [5, 5.41) is 3.23. The third-order valence-corrected chi connectivity index (χ3v) is 5.89. The molecular weight excluding hydrogens is 372 g/mol. The SMILES string of the molecule is COc1ccc([C@@H](CC(C)C)NC(=O)c2ccc(CN3CCC[C@@H](C)C3)cc2)cc1. The highest BCUT2D eigenvalue weighted by Crippen LogP contribution is 2.24. The second-order valence-electron chi connectivity index (χ2n) is 9.11. The Morgan fingerprint density at radius 3 is 2.43 bits per heavy atom. The van der Waals surface area contributed by atoms with Crippen molar-refractivity contribution in [2.24, 2.45) is 11.8 Å². The third-order valence-electron chi connectivity index (χ3n) is 5.89. The summed E-state index contributed by atoms with van der Waals surface area (Å²) in [6, 6.07) is 16.1. The van der Waals surface area contributed by atoms with Gasteiger partial charge in [0.25, 0.3) is 5.91 Å². The van der Waals surface area contributed by atoms with E-state index in [2.05, 4.69) is 43.1 Å². The number of nitrogens with zero attached hydrogens (tertiary/aromatic N) is 1. The van der Waals surface area contributed by atoms with E-state index in [0.29, 0.717) is 11.5 Å². The normalized spacial score (nSPS) is 18.2. The zero-order valence-corrected chi connectivity index (χ0v) is 18.9. The second-order valence-corrected chi connectivity index (χ2v) is 9.11. The Morgan fingerprint density at radius 1 is 1.13 bits per heavy atom. The molecule has 1 aliphatic rings. The van der Waals surface area contributed by atoms with Crippen molar-refractivity contribution in [1.29, 1.82) is 0 Å². The molecule has 162 valence electrons. The van der Waals surface area contributed by atoms with Crippen molar-refractivity contribution in [2.75, 3.05) is 20.2 Å². The van der Waals surface area contributed by atoms with E-state index in [9.17, 15) is 4.79 Å². The molecule has 4 nitrogen and oxygen atoms in total. The highest BCUT2D eigenvalue weighted by atomic mass is 16.5. The van der Waals surface area contributed by atoms with Crippen LogP contribution in [-0.4, -0.2) is 31.0 Å². The Bertz CT molecular complexity index is 799. The fourth-order valence-electron chi connectivity index (χ4n) is 4.28. The fourth-order valence-corrected chi connectivity index (χ4v) is 4.28. The lowest BCUT2D eigenvalue weighted by Gasteiger charge is -2.30. The van der Waals surface area contributed by atoms with Crippen LogP contribution in [-0.2, 0) is 6.54 Å². The molecule has 0 aliphatic carbocycles. The molecule has 0 saturated carbocycles. The fraction of sp³-hybridized carbons (Fsp3) is 0.500. The molecule has 0 radical (unpaired) electrons.